The van der Waals surface area contributed by atoms with Crippen molar-refractivity contribution in [3.8, 4) is 0 Å². The summed E-state index contributed by atoms with van der Waals surface area (Å²) in [5, 5.41) is 0.253. The first-order valence-electron chi connectivity index (χ1n) is 7.79. The van der Waals surface area contributed by atoms with Gasteiger partial charge in [0.15, 0.2) is 8.32 Å². The van der Waals surface area contributed by atoms with Crippen LogP contribution < -0.4 is 11.5 Å². The average Bonchev–Trinajstić information content (AvgIpc) is 2.78. The molecule has 1 aliphatic carbocycles. The number of hydrogen-bond acceptors (Lipinski definition) is 4. The van der Waals surface area contributed by atoms with E-state index in [1.807, 2.05) is 6.07 Å². The molecule has 5 heteroatoms. The Morgan fingerprint density at radius 2 is 1.90 bits per heavy atom. The third kappa shape index (κ3) is 3.58. The lowest BCUT2D eigenvalue weighted by Gasteiger charge is -2.38. The molecule has 0 unspecified atom stereocenters. The number of nitrogens with two attached hydrogens (primary N) is 2. The highest BCUT2D eigenvalue weighted by Gasteiger charge is 2.41. The SMILES string of the molecule is CC(C)(C)[Si](C)(C)O[C@@H]1CC[C@H](c2cc(N)cnc2N)C1. The lowest BCUT2D eigenvalue weighted by molar-refractivity contribution is 0.186. The summed E-state index contributed by atoms with van der Waals surface area (Å²) in [6, 6.07) is 1.97. The average molecular weight is 308 g/mol. The first-order chi connectivity index (χ1) is 9.60. The van der Waals surface area contributed by atoms with Gasteiger partial charge in [-0.2, -0.15) is 0 Å². The standard InChI is InChI=1S/C16H29N3OSi/c1-16(2,3)21(4,5)20-13-7-6-11(8-13)14-9-12(17)10-19-15(14)18/h9-11,13H,6-8,17H2,1-5H3,(H2,18,19)/t11-,13+/m0/s1. The Kier molecular flexibility index (Phi) is 4.35. The first-order valence-corrected chi connectivity index (χ1v) is 10.7. The van der Waals surface area contributed by atoms with Crippen LogP contribution in [0.1, 0.15) is 51.5 Å². The Morgan fingerprint density at radius 1 is 1.24 bits per heavy atom. The summed E-state index contributed by atoms with van der Waals surface area (Å²) in [4.78, 5) is 4.18. The molecule has 0 spiro atoms. The fourth-order valence-electron chi connectivity index (χ4n) is 2.76. The van der Waals surface area contributed by atoms with Crippen LogP contribution in [-0.2, 0) is 4.43 Å². The van der Waals surface area contributed by atoms with Gasteiger partial charge in [-0.3, -0.25) is 0 Å². The molecule has 2 rings (SSSR count). The van der Waals surface area contributed by atoms with Crippen LogP contribution in [0.25, 0.3) is 0 Å². The molecular weight excluding hydrogens is 278 g/mol. The van der Waals surface area contributed by atoms with Crippen molar-refractivity contribution in [3.63, 3.8) is 0 Å². The minimum atomic E-state index is -1.70. The fraction of sp³-hybridized carbons (Fsp3) is 0.688. The molecule has 1 fully saturated rings. The van der Waals surface area contributed by atoms with Crippen LogP contribution in [0.2, 0.25) is 18.1 Å². The van der Waals surface area contributed by atoms with Crippen molar-refractivity contribution in [2.75, 3.05) is 11.5 Å². The van der Waals surface area contributed by atoms with Gasteiger partial charge in [0.05, 0.1) is 11.9 Å². The molecule has 0 amide bonds. The number of hydrogen-bond donors (Lipinski definition) is 2. The minimum absolute atomic E-state index is 0.253. The van der Waals surface area contributed by atoms with E-state index in [4.69, 9.17) is 15.9 Å². The van der Waals surface area contributed by atoms with Gasteiger partial charge in [0.1, 0.15) is 5.82 Å². The molecule has 2 atom stereocenters. The van der Waals surface area contributed by atoms with Gasteiger partial charge in [0, 0.05) is 6.10 Å². The van der Waals surface area contributed by atoms with Crippen LogP contribution in [0.15, 0.2) is 12.3 Å². The van der Waals surface area contributed by atoms with Crippen LogP contribution in [0, 0.1) is 0 Å². The maximum atomic E-state index is 6.53. The summed E-state index contributed by atoms with van der Waals surface area (Å²) >= 11 is 0. The monoisotopic (exact) mass is 307 g/mol. The van der Waals surface area contributed by atoms with Crippen molar-refractivity contribution >= 4 is 19.8 Å². The van der Waals surface area contributed by atoms with Crippen LogP contribution >= 0.6 is 0 Å². The van der Waals surface area contributed by atoms with Crippen molar-refractivity contribution in [3.05, 3.63) is 17.8 Å². The number of rotatable bonds is 3. The highest BCUT2D eigenvalue weighted by atomic mass is 28.4. The molecule has 21 heavy (non-hydrogen) atoms. The quantitative estimate of drug-likeness (QED) is 0.830. The van der Waals surface area contributed by atoms with E-state index in [9.17, 15) is 0 Å². The van der Waals surface area contributed by atoms with Crippen molar-refractivity contribution < 1.29 is 4.43 Å². The molecule has 118 valence electrons. The zero-order valence-corrected chi connectivity index (χ0v) is 14.9. The Balaban J connectivity index is 2.06. The number of nitrogen functional groups attached to an aromatic ring is 2. The second-order valence-electron chi connectivity index (χ2n) is 7.75. The Morgan fingerprint density at radius 3 is 2.52 bits per heavy atom. The molecule has 0 radical (unpaired) electrons. The zero-order chi connectivity index (χ0) is 15.8. The van der Waals surface area contributed by atoms with E-state index in [-0.39, 0.29) is 5.04 Å². The summed E-state index contributed by atoms with van der Waals surface area (Å²) < 4.78 is 6.53. The van der Waals surface area contributed by atoms with Gasteiger partial charge in [-0.05, 0) is 54.9 Å². The lowest BCUT2D eigenvalue weighted by Crippen LogP contribution is -2.43. The summed E-state index contributed by atoms with van der Waals surface area (Å²) in [5.41, 5.74) is 13.6. The Bertz CT molecular complexity index is 511. The van der Waals surface area contributed by atoms with E-state index in [0.717, 1.165) is 24.8 Å². The Hall–Kier alpha value is -1.07. The molecule has 4 nitrogen and oxygen atoms in total. The van der Waals surface area contributed by atoms with E-state index in [2.05, 4.69) is 38.8 Å². The molecule has 1 heterocycles. The zero-order valence-electron chi connectivity index (χ0n) is 13.9. The van der Waals surface area contributed by atoms with Crippen LogP contribution in [0.5, 0.6) is 0 Å². The summed E-state index contributed by atoms with van der Waals surface area (Å²) in [5.74, 6) is 1.04. The predicted octanol–water partition coefficient (Wildman–Crippen LogP) is 3.90. The van der Waals surface area contributed by atoms with Crippen LogP contribution in [0.4, 0.5) is 11.5 Å². The number of aromatic nitrogens is 1. The maximum Gasteiger partial charge on any atom is 0.192 e. The predicted molar refractivity (Wildman–Crippen MR) is 91.7 cm³/mol. The molecule has 4 N–H and O–H groups in total. The van der Waals surface area contributed by atoms with E-state index >= 15 is 0 Å². The number of nitrogens with zero attached hydrogens (tertiary/aromatic N) is 1. The molecule has 1 aliphatic rings. The minimum Gasteiger partial charge on any atom is -0.414 e. The summed E-state index contributed by atoms with van der Waals surface area (Å²) in [6.45, 7) is 11.5. The molecule has 0 aromatic carbocycles. The molecular formula is C16H29N3OSi. The third-order valence-corrected chi connectivity index (χ3v) is 9.60. The van der Waals surface area contributed by atoms with E-state index < -0.39 is 8.32 Å². The van der Waals surface area contributed by atoms with Crippen molar-refractivity contribution in [1.29, 1.82) is 0 Å². The lowest BCUT2D eigenvalue weighted by atomic mass is 9.98. The molecule has 0 bridgehead atoms. The van der Waals surface area contributed by atoms with E-state index in [1.165, 1.54) is 0 Å². The Labute approximate surface area is 129 Å². The molecule has 0 saturated heterocycles. The number of anilines is 2. The van der Waals surface area contributed by atoms with Gasteiger partial charge >= 0.3 is 0 Å². The topological polar surface area (TPSA) is 74.2 Å². The molecule has 1 aromatic heterocycles. The van der Waals surface area contributed by atoms with Crippen LogP contribution in [0.3, 0.4) is 0 Å². The first kappa shape index (κ1) is 16.3. The second kappa shape index (κ2) is 5.61. The largest absolute Gasteiger partial charge is 0.414 e. The van der Waals surface area contributed by atoms with Crippen molar-refractivity contribution in [2.24, 2.45) is 0 Å². The highest BCUT2D eigenvalue weighted by Crippen LogP contribution is 2.43. The summed E-state index contributed by atoms with van der Waals surface area (Å²) in [7, 11) is -1.70. The van der Waals surface area contributed by atoms with Gasteiger partial charge in [-0.15, -0.1) is 0 Å². The molecule has 0 aliphatic heterocycles. The third-order valence-electron chi connectivity index (χ3n) is 5.06. The normalized spacial score (nSPS) is 23.5. The molecule has 1 aromatic rings. The smallest absolute Gasteiger partial charge is 0.192 e. The molecule has 1 saturated carbocycles. The number of pyridine rings is 1. The van der Waals surface area contributed by atoms with E-state index in [0.29, 0.717) is 23.5 Å². The van der Waals surface area contributed by atoms with Gasteiger partial charge in [-0.1, -0.05) is 20.8 Å². The van der Waals surface area contributed by atoms with Gasteiger partial charge in [0.2, 0.25) is 0 Å². The fourth-order valence-corrected chi connectivity index (χ4v) is 4.16. The van der Waals surface area contributed by atoms with Crippen molar-refractivity contribution in [1.82, 2.24) is 4.98 Å². The highest BCUT2D eigenvalue weighted by molar-refractivity contribution is 6.74. The van der Waals surface area contributed by atoms with Gasteiger partial charge < -0.3 is 15.9 Å². The second-order valence-corrected chi connectivity index (χ2v) is 12.5. The van der Waals surface area contributed by atoms with Crippen LogP contribution in [-0.4, -0.2) is 19.4 Å². The van der Waals surface area contributed by atoms with E-state index in [1.54, 1.807) is 6.20 Å². The van der Waals surface area contributed by atoms with Crippen molar-refractivity contribution in [2.45, 2.75) is 70.2 Å². The maximum absolute atomic E-state index is 6.53. The van der Waals surface area contributed by atoms with Gasteiger partial charge in [0.25, 0.3) is 0 Å². The van der Waals surface area contributed by atoms with Gasteiger partial charge in [-0.25, -0.2) is 4.98 Å². The summed E-state index contributed by atoms with van der Waals surface area (Å²) in [6.07, 6.45) is 5.20.